The molecule has 0 spiro atoms. The van der Waals surface area contributed by atoms with Gasteiger partial charge in [-0.3, -0.25) is 14.8 Å². The lowest BCUT2D eigenvalue weighted by Crippen LogP contribution is -2.23. The maximum absolute atomic E-state index is 12.0. The molecule has 0 atom stereocenters. The summed E-state index contributed by atoms with van der Waals surface area (Å²) in [5.41, 5.74) is 3.19. The fourth-order valence-corrected chi connectivity index (χ4v) is 2.30. The number of nitrogens with one attached hydrogen (secondary N) is 1. The molecule has 0 aromatic carbocycles. The normalized spacial score (nSPS) is 10.4. The van der Waals surface area contributed by atoms with Gasteiger partial charge in [0.2, 0.25) is 0 Å². The number of carbonyl (C=O) groups is 1. The van der Waals surface area contributed by atoms with Crippen LogP contribution >= 0.6 is 15.9 Å². The van der Waals surface area contributed by atoms with Crippen LogP contribution in [0.15, 0.2) is 64.3 Å². The largest absolute Gasteiger partial charge is 0.472 e. The Balaban J connectivity index is 1.63. The van der Waals surface area contributed by atoms with Crippen LogP contribution in [0.5, 0.6) is 0 Å². The zero-order valence-corrected chi connectivity index (χ0v) is 13.1. The third-order valence-electron chi connectivity index (χ3n) is 3.06. The van der Waals surface area contributed by atoms with Gasteiger partial charge in [0.05, 0.1) is 23.8 Å². The van der Waals surface area contributed by atoms with E-state index in [1.165, 1.54) is 6.20 Å². The highest BCUT2D eigenvalue weighted by atomic mass is 79.9. The zero-order valence-electron chi connectivity index (χ0n) is 11.5. The van der Waals surface area contributed by atoms with Gasteiger partial charge in [-0.15, -0.1) is 0 Å². The molecular formula is C16H12BrN3O2. The molecule has 3 aromatic heterocycles. The maximum Gasteiger partial charge on any atom is 0.253 e. The molecule has 0 fully saturated rings. The summed E-state index contributed by atoms with van der Waals surface area (Å²) >= 11 is 3.29. The number of carbonyl (C=O) groups excluding carboxylic acids is 1. The SMILES string of the molecule is O=C(NCc1ccc(-c2ccoc2)nc1)c1cncc(Br)c1. The van der Waals surface area contributed by atoms with Crippen molar-refractivity contribution in [3.05, 3.63) is 71.0 Å². The monoisotopic (exact) mass is 357 g/mol. The second-order valence-corrected chi connectivity index (χ2v) is 5.55. The summed E-state index contributed by atoms with van der Waals surface area (Å²) in [5.74, 6) is -0.173. The predicted molar refractivity (Wildman–Crippen MR) is 85.0 cm³/mol. The van der Waals surface area contributed by atoms with Crippen LogP contribution in [0.3, 0.4) is 0 Å². The Morgan fingerprint density at radius 2 is 2.14 bits per heavy atom. The van der Waals surface area contributed by atoms with E-state index in [9.17, 15) is 4.79 Å². The number of halogens is 1. The van der Waals surface area contributed by atoms with Crippen molar-refractivity contribution in [1.82, 2.24) is 15.3 Å². The summed E-state index contributed by atoms with van der Waals surface area (Å²) in [5, 5.41) is 2.84. The lowest BCUT2D eigenvalue weighted by molar-refractivity contribution is 0.0950. The number of hydrogen-bond acceptors (Lipinski definition) is 4. The molecule has 110 valence electrons. The van der Waals surface area contributed by atoms with Gasteiger partial charge in [0.25, 0.3) is 5.91 Å². The first kappa shape index (κ1) is 14.5. The summed E-state index contributed by atoms with van der Waals surface area (Å²) in [6.45, 7) is 0.407. The summed E-state index contributed by atoms with van der Waals surface area (Å²) in [4.78, 5) is 20.3. The predicted octanol–water partition coefficient (Wildman–Crippen LogP) is 3.43. The van der Waals surface area contributed by atoms with E-state index in [4.69, 9.17) is 4.42 Å². The van der Waals surface area contributed by atoms with Crippen molar-refractivity contribution in [2.24, 2.45) is 0 Å². The molecule has 22 heavy (non-hydrogen) atoms. The van der Waals surface area contributed by atoms with Gasteiger partial charge in [0.1, 0.15) is 0 Å². The molecule has 0 aliphatic heterocycles. The second-order valence-electron chi connectivity index (χ2n) is 4.64. The number of rotatable bonds is 4. The van der Waals surface area contributed by atoms with Crippen molar-refractivity contribution in [1.29, 1.82) is 0 Å². The fourth-order valence-electron chi connectivity index (χ4n) is 1.93. The number of hydrogen-bond donors (Lipinski definition) is 1. The van der Waals surface area contributed by atoms with Gasteiger partial charge in [-0.1, -0.05) is 6.07 Å². The number of furan rings is 1. The lowest BCUT2D eigenvalue weighted by atomic mass is 10.2. The van der Waals surface area contributed by atoms with Crippen molar-refractivity contribution in [2.45, 2.75) is 6.54 Å². The minimum Gasteiger partial charge on any atom is -0.472 e. The van der Waals surface area contributed by atoms with Gasteiger partial charge in [-0.2, -0.15) is 0 Å². The number of amides is 1. The average Bonchev–Trinajstić information content (AvgIpc) is 3.07. The zero-order chi connectivity index (χ0) is 15.4. The summed E-state index contributed by atoms with van der Waals surface area (Å²) < 4.78 is 5.80. The molecule has 1 N–H and O–H groups in total. The Morgan fingerprint density at radius 3 is 2.82 bits per heavy atom. The molecule has 0 unspecified atom stereocenters. The lowest BCUT2D eigenvalue weighted by Gasteiger charge is -2.06. The number of aromatic nitrogens is 2. The first-order valence-electron chi connectivity index (χ1n) is 6.58. The van der Waals surface area contributed by atoms with Crippen LogP contribution in [0.25, 0.3) is 11.3 Å². The molecule has 3 aromatic rings. The molecule has 0 saturated carbocycles. The average molecular weight is 358 g/mol. The molecule has 0 radical (unpaired) electrons. The Hall–Kier alpha value is -2.47. The molecule has 5 nitrogen and oxygen atoms in total. The maximum atomic E-state index is 12.0. The minimum absolute atomic E-state index is 0.173. The summed E-state index contributed by atoms with van der Waals surface area (Å²) in [6.07, 6.45) is 8.15. The fraction of sp³-hybridized carbons (Fsp3) is 0.0625. The Bertz CT molecular complexity index is 770. The van der Waals surface area contributed by atoms with Gasteiger partial charge in [-0.25, -0.2) is 0 Å². The van der Waals surface area contributed by atoms with Crippen LogP contribution < -0.4 is 5.32 Å². The second kappa shape index (κ2) is 6.53. The van der Waals surface area contributed by atoms with E-state index in [1.807, 2.05) is 18.2 Å². The van der Waals surface area contributed by atoms with Crippen molar-refractivity contribution >= 4 is 21.8 Å². The highest BCUT2D eigenvalue weighted by Crippen LogP contribution is 2.17. The van der Waals surface area contributed by atoms with E-state index >= 15 is 0 Å². The van der Waals surface area contributed by atoms with Gasteiger partial charge >= 0.3 is 0 Å². The van der Waals surface area contributed by atoms with E-state index in [2.05, 4.69) is 31.2 Å². The standard InChI is InChI=1S/C16H12BrN3O2/c17-14-5-13(8-18-9-14)16(21)20-7-11-1-2-15(19-6-11)12-3-4-22-10-12/h1-6,8-10H,7H2,(H,20,21). The molecule has 3 rings (SSSR count). The Morgan fingerprint density at radius 1 is 1.23 bits per heavy atom. The van der Waals surface area contributed by atoms with Gasteiger partial charge < -0.3 is 9.73 Å². The third kappa shape index (κ3) is 3.40. The quantitative estimate of drug-likeness (QED) is 0.776. The highest BCUT2D eigenvalue weighted by Gasteiger charge is 2.07. The van der Waals surface area contributed by atoms with Crippen LogP contribution in [0, 0.1) is 0 Å². The van der Waals surface area contributed by atoms with Crippen LogP contribution in [-0.2, 0) is 6.54 Å². The first-order valence-corrected chi connectivity index (χ1v) is 7.38. The van der Waals surface area contributed by atoms with Crippen molar-refractivity contribution in [2.75, 3.05) is 0 Å². The van der Waals surface area contributed by atoms with Crippen LogP contribution in [0.4, 0.5) is 0 Å². The minimum atomic E-state index is -0.173. The highest BCUT2D eigenvalue weighted by molar-refractivity contribution is 9.10. The van der Waals surface area contributed by atoms with E-state index < -0.39 is 0 Å². The smallest absolute Gasteiger partial charge is 0.253 e. The number of pyridine rings is 2. The van der Waals surface area contributed by atoms with E-state index in [0.717, 1.165) is 21.3 Å². The van der Waals surface area contributed by atoms with Gasteiger partial charge in [0, 0.05) is 35.2 Å². The van der Waals surface area contributed by atoms with Crippen LogP contribution in [-0.4, -0.2) is 15.9 Å². The molecule has 0 aliphatic carbocycles. The first-order chi connectivity index (χ1) is 10.7. The van der Waals surface area contributed by atoms with Crippen LogP contribution in [0.2, 0.25) is 0 Å². The van der Waals surface area contributed by atoms with Crippen molar-refractivity contribution < 1.29 is 9.21 Å². The Kier molecular flexibility index (Phi) is 4.29. The molecular weight excluding hydrogens is 346 g/mol. The van der Waals surface area contributed by atoms with Gasteiger partial charge in [-0.05, 0) is 39.7 Å². The molecule has 1 amide bonds. The molecule has 6 heteroatoms. The molecule has 0 bridgehead atoms. The van der Waals surface area contributed by atoms with Crippen molar-refractivity contribution in [3.8, 4) is 11.3 Å². The number of nitrogens with zero attached hydrogens (tertiary/aromatic N) is 2. The van der Waals surface area contributed by atoms with Crippen molar-refractivity contribution in [3.63, 3.8) is 0 Å². The Labute approximate surface area is 135 Å². The third-order valence-corrected chi connectivity index (χ3v) is 3.50. The molecule has 0 aliphatic rings. The molecule has 3 heterocycles. The van der Waals surface area contributed by atoms with E-state index in [0.29, 0.717) is 12.1 Å². The summed E-state index contributed by atoms with van der Waals surface area (Å²) in [7, 11) is 0. The topological polar surface area (TPSA) is 68.0 Å². The summed E-state index contributed by atoms with van der Waals surface area (Å²) in [6, 6.07) is 7.40. The van der Waals surface area contributed by atoms with E-state index in [-0.39, 0.29) is 5.91 Å². The van der Waals surface area contributed by atoms with Crippen LogP contribution in [0.1, 0.15) is 15.9 Å². The van der Waals surface area contributed by atoms with Gasteiger partial charge in [0.15, 0.2) is 0 Å². The molecule has 0 saturated heterocycles. The van der Waals surface area contributed by atoms with E-state index in [1.54, 1.807) is 31.0 Å².